The summed E-state index contributed by atoms with van der Waals surface area (Å²) < 4.78 is 41.5. The number of benzene rings is 1. The van der Waals surface area contributed by atoms with Gasteiger partial charge in [-0.15, -0.1) is 0 Å². The number of halogens is 3. The van der Waals surface area contributed by atoms with E-state index in [2.05, 4.69) is 18.3 Å². The highest BCUT2D eigenvalue weighted by molar-refractivity contribution is 5.48. The molecule has 0 spiro atoms. The Hall–Kier alpha value is -2.26. The Kier molecular flexibility index (Phi) is 7.70. The minimum absolute atomic E-state index is 0.199. The van der Waals surface area contributed by atoms with Crippen LogP contribution in [0.2, 0.25) is 0 Å². The van der Waals surface area contributed by atoms with E-state index in [4.69, 9.17) is 0 Å². The van der Waals surface area contributed by atoms with Gasteiger partial charge in [0.2, 0.25) is 0 Å². The molecule has 0 saturated carbocycles. The topological polar surface area (TPSA) is 39.1 Å². The summed E-state index contributed by atoms with van der Waals surface area (Å²) in [6.07, 6.45) is -1.18. The molecule has 1 N–H and O–H groups in total. The van der Waals surface area contributed by atoms with Gasteiger partial charge in [-0.25, -0.2) is 0 Å². The predicted octanol–water partition coefficient (Wildman–Crippen LogP) is 5.50. The number of rotatable bonds is 7. The second kappa shape index (κ2) is 9.79. The van der Waals surface area contributed by atoms with Gasteiger partial charge in [0.05, 0.1) is 5.57 Å². The van der Waals surface area contributed by atoms with Crippen molar-refractivity contribution in [3.8, 4) is 6.07 Å². The molecule has 28 heavy (non-hydrogen) atoms. The summed E-state index contributed by atoms with van der Waals surface area (Å²) in [7, 11) is 1.79. The lowest BCUT2D eigenvalue weighted by atomic mass is 9.90. The van der Waals surface area contributed by atoms with E-state index in [1.54, 1.807) is 25.2 Å². The highest BCUT2D eigenvalue weighted by Crippen LogP contribution is 2.40. The van der Waals surface area contributed by atoms with Gasteiger partial charge in [-0.1, -0.05) is 49.2 Å². The molecule has 1 aromatic carbocycles. The highest BCUT2D eigenvalue weighted by Gasteiger charge is 2.45. The summed E-state index contributed by atoms with van der Waals surface area (Å²) >= 11 is 0. The number of nitrogens with zero attached hydrogens (tertiary/aromatic N) is 2. The van der Waals surface area contributed by atoms with Gasteiger partial charge in [-0.3, -0.25) is 4.90 Å². The third kappa shape index (κ3) is 5.17. The van der Waals surface area contributed by atoms with Gasteiger partial charge >= 0.3 is 6.18 Å². The molecule has 0 amide bonds. The first kappa shape index (κ1) is 22.0. The van der Waals surface area contributed by atoms with Crippen LogP contribution in [0.3, 0.4) is 0 Å². The lowest BCUT2D eigenvalue weighted by molar-refractivity contribution is -0.186. The van der Waals surface area contributed by atoms with Crippen molar-refractivity contribution in [3.05, 3.63) is 58.3 Å². The van der Waals surface area contributed by atoms with Crippen LogP contribution in [0.1, 0.15) is 51.1 Å². The van der Waals surface area contributed by atoms with Crippen LogP contribution in [-0.2, 0) is 0 Å². The lowest BCUT2D eigenvalue weighted by Crippen LogP contribution is -2.42. The highest BCUT2D eigenvalue weighted by atomic mass is 19.4. The second-order valence-electron chi connectivity index (χ2n) is 7.15. The van der Waals surface area contributed by atoms with E-state index >= 15 is 0 Å². The molecule has 2 rings (SSSR count). The number of nitriles is 1. The Labute approximate surface area is 165 Å². The number of alkyl halides is 3. The average molecular weight is 391 g/mol. The third-order valence-corrected chi connectivity index (χ3v) is 5.19. The van der Waals surface area contributed by atoms with E-state index in [-0.39, 0.29) is 18.7 Å². The monoisotopic (exact) mass is 391 g/mol. The number of hydrogen-bond donors (Lipinski definition) is 1. The third-order valence-electron chi connectivity index (χ3n) is 5.19. The Morgan fingerprint density at radius 3 is 2.46 bits per heavy atom. The molecule has 1 aromatic rings. The average Bonchev–Trinajstić information content (AvgIpc) is 2.66. The maximum absolute atomic E-state index is 13.8. The van der Waals surface area contributed by atoms with E-state index in [1.165, 1.54) is 17.0 Å². The van der Waals surface area contributed by atoms with Gasteiger partial charge in [0.1, 0.15) is 12.1 Å². The molecule has 152 valence electrons. The zero-order valence-corrected chi connectivity index (χ0v) is 16.7. The maximum Gasteiger partial charge on any atom is 0.408 e. The van der Waals surface area contributed by atoms with E-state index in [1.807, 2.05) is 6.92 Å². The van der Waals surface area contributed by atoms with Crippen LogP contribution in [0.4, 0.5) is 13.2 Å². The van der Waals surface area contributed by atoms with Crippen LogP contribution in [0.5, 0.6) is 0 Å². The van der Waals surface area contributed by atoms with Gasteiger partial charge in [0, 0.05) is 25.8 Å². The number of nitrogens with one attached hydrogen (secondary N) is 1. The van der Waals surface area contributed by atoms with Crippen molar-refractivity contribution in [2.24, 2.45) is 0 Å². The quantitative estimate of drug-likeness (QED) is 0.624. The Morgan fingerprint density at radius 1 is 1.29 bits per heavy atom. The van der Waals surface area contributed by atoms with Crippen molar-refractivity contribution < 1.29 is 13.2 Å². The Balaban J connectivity index is 2.35. The first-order valence-electron chi connectivity index (χ1n) is 9.69. The van der Waals surface area contributed by atoms with E-state index < -0.39 is 12.2 Å². The van der Waals surface area contributed by atoms with E-state index in [0.29, 0.717) is 12.0 Å². The first-order valence-corrected chi connectivity index (χ1v) is 9.69. The number of allylic oxidation sites excluding steroid dienone is 2. The molecule has 0 aliphatic carbocycles. The zero-order valence-electron chi connectivity index (χ0n) is 16.7. The predicted molar refractivity (Wildman–Crippen MR) is 105 cm³/mol. The molecule has 1 aliphatic rings. The molecule has 1 aliphatic heterocycles. The Bertz CT molecular complexity index is 757. The second-order valence-corrected chi connectivity index (χ2v) is 7.15. The van der Waals surface area contributed by atoms with Crippen LogP contribution in [-0.4, -0.2) is 31.2 Å². The van der Waals surface area contributed by atoms with Crippen LogP contribution in [0.25, 0.3) is 0 Å². The molecule has 1 unspecified atom stereocenters. The lowest BCUT2D eigenvalue weighted by Gasteiger charge is -2.37. The summed E-state index contributed by atoms with van der Waals surface area (Å²) in [6, 6.07) is 8.69. The van der Waals surface area contributed by atoms with Crippen LogP contribution < -0.4 is 5.32 Å². The number of unbranched alkanes of at least 4 members (excludes halogenated alkanes) is 1. The summed E-state index contributed by atoms with van der Waals surface area (Å²) in [5, 5.41) is 12.8. The molecule has 6 heteroatoms. The molecule has 1 atom stereocenters. The standard InChI is InChI=1S/C22H28F3N3/c1-4-5-11-20(27-3)19(14-26)18-12-13-28(15-16(18)2)21(22(23,24)25)17-9-7-6-8-10-17/h6-10,21,27H,4-5,11-13,15H2,1-3H3/b20-19+. The van der Waals surface area contributed by atoms with Crippen molar-refractivity contribution in [2.75, 3.05) is 20.1 Å². The van der Waals surface area contributed by atoms with Crippen molar-refractivity contribution in [3.63, 3.8) is 0 Å². The summed E-state index contributed by atoms with van der Waals surface area (Å²) in [4.78, 5) is 1.47. The molecular weight excluding hydrogens is 363 g/mol. The molecule has 0 bridgehead atoms. The van der Waals surface area contributed by atoms with Gasteiger partial charge < -0.3 is 5.32 Å². The molecule has 0 radical (unpaired) electrons. The van der Waals surface area contributed by atoms with E-state index in [9.17, 15) is 18.4 Å². The fourth-order valence-corrected chi connectivity index (χ4v) is 3.79. The summed E-state index contributed by atoms with van der Waals surface area (Å²) in [6.45, 7) is 4.39. The molecule has 1 heterocycles. The van der Waals surface area contributed by atoms with Crippen molar-refractivity contribution >= 4 is 0 Å². The van der Waals surface area contributed by atoms with E-state index in [0.717, 1.165) is 36.1 Å². The zero-order chi connectivity index (χ0) is 20.7. The fourth-order valence-electron chi connectivity index (χ4n) is 3.79. The summed E-state index contributed by atoms with van der Waals surface area (Å²) in [5.74, 6) is 0. The Morgan fingerprint density at radius 2 is 1.96 bits per heavy atom. The minimum atomic E-state index is -4.36. The molecule has 0 fully saturated rings. The summed E-state index contributed by atoms with van der Waals surface area (Å²) in [5.41, 5.74) is 3.44. The van der Waals surface area contributed by atoms with Crippen molar-refractivity contribution in [1.29, 1.82) is 5.26 Å². The number of hydrogen-bond acceptors (Lipinski definition) is 3. The molecule has 3 nitrogen and oxygen atoms in total. The van der Waals surface area contributed by atoms with Gasteiger partial charge in [-0.05, 0) is 37.3 Å². The minimum Gasteiger partial charge on any atom is -0.390 e. The SMILES string of the molecule is CCCC/C(NC)=C(/C#N)C1=C(C)CN(C(c2ccccc2)C(F)(F)F)CC1. The fraction of sp³-hybridized carbons (Fsp3) is 0.500. The smallest absolute Gasteiger partial charge is 0.390 e. The molecule has 0 aromatic heterocycles. The van der Waals surface area contributed by atoms with Gasteiger partial charge in [0.15, 0.2) is 0 Å². The van der Waals surface area contributed by atoms with Gasteiger partial charge in [-0.2, -0.15) is 18.4 Å². The normalized spacial score (nSPS) is 17.8. The van der Waals surface area contributed by atoms with Crippen LogP contribution >= 0.6 is 0 Å². The maximum atomic E-state index is 13.8. The molecule has 0 saturated heterocycles. The van der Waals surface area contributed by atoms with Crippen LogP contribution in [0, 0.1) is 11.3 Å². The first-order chi connectivity index (χ1) is 13.3. The van der Waals surface area contributed by atoms with Crippen molar-refractivity contribution in [1.82, 2.24) is 10.2 Å². The van der Waals surface area contributed by atoms with Crippen LogP contribution in [0.15, 0.2) is 52.7 Å². The largest absolute Gasteiger partial charge is 0.408 e. The molecular formula is C22H28F3N3. The van der Waals surface area contributed by atoms with Gasteiger partial charge in [0.25, 0.3) is 0 Å². The van der Waals surface area contributed by atoms with Crippen molar-refractivity contribution in [2.45, 2.75) is 51.7 Å².